The smallest absolute Gasteiger partial charge is 0.0468 e. The van der Waals surface area contributed by atoms with Gasteiger partial charge in [0.2, 0.25) is 0 Å². The van der Waals surface area contributed by atoms with E-state index in [2.05, 4.69) is 248 Å². The molecule has 0 fully saturated rings. The summed E-state index contributed by atoms with van der Waals surface area (Å²) < 4.78 is 0. The standard InChI is InChI=1S/C66H54N2/c1-5-6-7-23-48-67(61-42-38-57(39-43-61)55-26-15-9-16-27-55)53(4)36-37-60(49-54-24-13-8-14-25-54)51(2)34-35-52(3)65-47-46-64(50-66(65)59-30-19-11-20-31-59)68(62-32-21-12-22-33-62)63-44-40-58(41-45-63)56-28-17-10-18-29-56/h5-50H,1-4H2/b7-6-,35-34-,37-36-,48-23+,60-49-. The molecule has 68 heavy (non-hydrogen) atoms. The second-order valence-electron chi connectivity index (χ2n) is 16.1. The van der Waals surface area contributed by atoms with E-state index in [1.54, 1.807) is 6.08 Å². The summed E-state index contributed by atoms with van der Waals surface area (Å²) in [5.41, 5.74) is 16.5. The lowest BCUT2D eigenvalue weighted by Gasteiger charge is -2.27. The van der Waals surface area contributed by atoms with Crippen LogP contribution in [0.1, 0.15) is 11.1 Å². The lowest BCUT2D eigenvalue weighted by Crippen LogP contribution is -2.12. The van der Waals surface area contributed by atoms with Gasteiger partial charge in [0.15, 0.2) is 0 Å². The summed E-state index contributed by atoms with van der Waals surface area (Å²) in [4.78, 5) is 4.38. The minimum Gasteiger partial charge on any atom is -0.318 e. The average molecular weight is 875 g/mol. The van der Waals surface area contributed by atoms with E-state index in [1.165, 1.54) is 16.7 Å². The van der Waals surface area contributed by atoms with Crippen LogP contribution in [-0.2, 0) is 0 Å². The minimum absolute atomic E-state index is 0.783. The molecule has 328 valence electrons. The zero-order valence-corrected chi connectivity index (χ0v) is 38.3. The number of hydrogen-bond acceptors (Lipinski definition) is 2. The molecule has 8 aromatic rings. The molecule has 0 aromatic heterocycles. The highest BCUT2D eigenvalue weighted by Gasteiger charge is 2.17. The van der Waals surface area contributed by atoms with E-state index >= 15 is 0 Å². The zero-order valence-electron chi connectivity index (χ0n) is 38.3. The van der Waals surface area contributed by atoms with Crippen LogP contribution >= 0.6 is 0 Å². The topological polar surface area (TPSA) is 6.48 Å². The Morgan fingerprint density at radius 1 is 0.397 bits per heavy atom. The summed E-state index contributed by atoms with van der Waals surface area (Å²) in [6, 6.07) is 76.2. The van der Waals surface area contributed by atoms with Crippen molar-refractivity contribution in [3.05, 3.63) is 327 Å². The summed E-state index contributed by atoms with van der Waals surface area (Å²) in [5.74, 6) is 0. The molecule has 0 aliphatic rings. The third-order valence-electron chi connectivity index (χ3n) is 11.5. The molecule has 0 heterocycles. The Bertz CT molecular complexity index is 3120. The van der Waals surface area contributed by atoms with Gasteiger partial charge in [-0.15, -0.1) is 0 Å². The van der Waals surface area contributed by atoms with Crippen LogP contribution < -0.4 is 9.80 Å². The van der Waals surface area contributed by atoms with Crippen molar-refractivity contribution in [1.29, 1.82) is 0 Å². The fourth-order valence-electron chi connectivity index (χ4n) is 7.97. The number of nitrogens with zero attached hydrogens (tertiary/aromatic N) is 2. The predicted octanol–water partition coefficient (Wildman–Crippen LogP) is 18.2. The fraction of sp³-hybridized carbons (Fsp3) is 0. The summed E-state index contributed by atoms with van der Waals surface area (Å²) in [6.45, 7) is 17.6. The monoisotopic (exact) mass is 874 g/mol. The first-order chi connectivity index (χ1) is 33.4. The second-order valence-corrected chi connectivity index (χ2v) is 16.1. The minimum atomic E-state index is 0.783. The molecular formula is C66H54N2. The summed E-state index contributed by atoms with van der Waals surface area (Å²) in [5, 5.41) is 0. The first-order valence-corrected chi connectivity index (χ1v) is 22.8. The number of rotatable bonds is 18. The molecule has 0 saturated carbocycles. The third kappa shape index (κ3) is 11.6. The highest BCUT2D eigenvalue weighted by Crippen LogP contribution is 2.40. The van der Waals surface area contributed by atoms with Gasteiger partial charge in [-0.1, -0.05) is 233 Å². The van der Waals surface area contributed by atoms with E-state index in [1.807, 2.05) is 60.8 Å². The summed E-state index contributed by atoms with van der Waals surface area (Å²) in [6.07, 6.45) is 20.0. The fourth-order valence-corrected chi connectivity index (χ4v) is 7.97. The van der Waals surface area contributed by atoms with Crippen LogP contribution in [0, 0.1) is 0 Å². The highest BCUT2D eigenvalue weighted by atomic mass is 15.1. The van der Waals surface area contributed by atoms with Gasteiger partial charge in [0, 0.05) is 34.6 Å². The summed E-state index contributed by atoms with van der Waals surface area (Å²) in [7, 11) is 0. The lowest BCUT2D eigenvalue weighted by molar-refractivity contribution is 1.21. The van der Waals surface area contributed by atoms with Crippen LogP contribution in [0.25, 0.3) is 45.0 Å². The van der Waals surface area contributed by atoms with Gasteiger partial charge in [-0.3, -0.25) is 0 Å². The van der Waals surface area contributed by atoms with E-state index < -0.39 is 0 Å². The second kappa shape index (κ2) is 22.8. The molecule has 2 nitrogen and oxygen atoms in total. The van der Waals surface area contributed by atoms with E-state index in [9.17, 15) is 0 Å². The highest BCUT2D eigenvalue weighted by molar-refractivity contribution is 5.89. The number of para-hydroxylation sites is 1. The van der Waals surface area contributed by atoms with Gasteiger partial charge in [0.05, 0.1) is 0 Å². The number of benzene rings is 8. The van der Waals surface area contributed by atoms with Crippen molar-refractivity contribution in [3.63, 3.8) is 0 Å². The molecule has 0 aliphatic heterocycles. The molecular weight excluding hydrogens is 821 g/mol. The molecule has 0 saturated heterocycles. The molecule has 8 rings (SSSR count). The molecule has 0 atom stereocenters. The first kappa shape index (κ1) is 45.6. The number of hydrogen-bond donors (Lipinski definition) is 0. The van der Waals surface area contributed by atoms with Gasteiger partial charge in [-0.05, 0) is 128 Å². The van der Waals surface area contributed by atoms with Crippen molar-refractivity contribution in [2.45, 2.75) is 0 Å². The molecule has 0 bridgehead atoms. The van der Waals surface area contributed by atoms with Gasteiger partial charge in [-0.2, -0.15) is 0 Å². The van der Waals surface area contributed by atoms with Gasteiger partial charge < -0.3 is 9.80 Å². The van der Waals surface area contributed by atoms with Gasteiger partial charge in [0.1, 0.15) is 0 Å². The Kier molecular flexibility index (Phi) is 15.3. The normalized spacial score (nSPS) is 11.6. The summed E-state index contributed by atoms with van der Waals surface area (Å²) >= 11 is 0. The van der Waals surface area contributed by atoms with Gasteiger partial charge in [-0.25, -0.2) is 0 Å². The van der Waals surface area contributed by atoms with Crippen molar-refractivity contribution in [2.24, 2.45) is 0 Å². The molecule has 0 amide bonds. The van der Waals surface area contributed by atoms with Crippen LogP contribution in [0.4, 0.5) is 22.7 Å². The molecule has 0 radical (unpaired) electrons. The van der Waals surface area contributed by atoms with E-state index in [0.29, 0.717) is 0 Å². The van der Waals surface area contributed by atoms with Crippen LogP contribution in [0.2, 0.25) is 0 Å². The largest absolute Gasteiger partial charge is 0.318 e. The van der Waals surface area contributed by atoms with Crippen LogP contribution in [-0.4, -0.2) is 0 Å². The molecule has 0 spiro atoms. The van der Waals surface area contributed by atoms with E-state index in [-0.39, 0.29) is 0 Å². The maximum atomic E-state index is 4.63. The van der Waals surface area contributed by atoms with Crippen LogP contribution in [0.5, 0.6) is 0 Å². The van der Waals surface area contributed by atoms with Crippen LogP contribution in [0.15, 0.2) is 316 Å². The van der Waals surface area contributed by atoms with Crippen molar-refractivity contribution >= 4 is 34.4 Å². The predicted molar refractivity (Wildman–Crippen MR) is 295 cm³/mol. The van der Waals surface area contributed by atoms with Gasteiger partial charge in [0.25, 0.3) is 0 Å². The Labute approximate surface area is 403 Å². The van der Waals surface area contributed by atoms with Crippen molar-refractivity contribution < 1.29 is 0 Å². The molecule has 0 unspecified atom stereocenters. The van der Waals surface area contributed by atoms with Crippen LogP contribution in [0.3, 0.4) is 0 Å². The van der Waals surface area contributed by atoms with E-state index in [0.717, 1.165) is 73.0 Å². The quantitative estimate of drug-likeness (QED) is 0.0793. The van der Waals surface area contributed by atoms with Gasteiger partial charge >= 0.3 is 0 Å². The van der Waals surface area contributed by atoms with E-state index in [4.69, 9.17) is 0 Å². The Morgan fingerprint density at radius 3 is 1.46 bits per heavy atom. The maximum Gasteiger partial charge on any atom is 0.0468 e. The molecule has 0 N–H and O–H groups in total. The zero-order chi connectivity index (χ0) is 46.9. The van der Waals surface area contributed by atoms with Crippen molar-refractivity contribution in [2.75, 3.05) is 9.80 Å². The Balaban J connectivity index is 1.10. The number of anilines is 4. The average Bonchev–Trinajstić information content (AvgIpc) is 3.40. The molecule has 2 heteroatoms. The first-order valence-electron chi connectivity index (χ1n) is 22.8. The lowest BCUT2D eigenvalue weighted by atomic mass is 9.93. The Morgan fingerprint density at radius 2 is 0.882 bits per heavy atom. The molecule has 0 aliphatic carbocycles. The SMILES string of the molecule is C=C/C=C\C=C\N(C(=C)/C=C\C(=C\c1ccccc1)C(=C)/C=C\C(=C)c1ccc(N(c2ccccc2)c2ccc(-c3ccccc3)cc2)cc1-c1ccccc1)c1ccc(-c2ccccc2)cc1. The number of allylic oxidation sites excluding steroid dienone is 11. The van der Waals surface area contributed by atoms with Crippen molar-refractivity contribution in [1.82, 2.24) is 0 Å². The maximum absolute atomic E-state index is 4.63. The molecule has 8 aromatic carbocycles. The third-order valence-corrected chi connectivity index (χ3v) is 11.5. The Hall–Kier alpha value is -8.98. The van der Waals surface area contributed by atoms with Crippen molar-refractivity contribution in [3.8, 4) is 33.4 Å².